The minimum atomic E-state index is 0.239. The number of likely N-dealkylation sites (tertiary alicyclic amines) is 1. The fourth-order valence-corrected chi connectivity index (χ4v) is 3.01. The van der Waals surface area contributed by atoms with E-state index in [1.807, 2.05) is 11.0 Å². The van der Waals surface area contributed by atoms with E-state index in [4.69, 9.17) is 5.73 Å². The zero-order chi connectivity index (χ0) is 13.2. The summed E-state index contributed by atoms with van der Waals surface area (Å²) in [6.07, 6.45) is 1.98. The number of hydrogen-bond donors (Lipinski definition) is 1. The second-order valence-electron chi connectivity index (χ2n) is 5.62. The van der Waals surface area contributed by atoms with E-state index < -0.39 is 0 Å². The first-order valence-corrected chi connectivity index (χ1v) is 7.05. The van der Waals surface area contributed by atoms with Crippen molar-refractivity contribution in [2.75, 3.05) is 26.2 Å². The van der Waals surface area contributed by atoms with Crippen LogP contribution in [0.2, 0.25) is 0 Å². The predicted molar refractivity (Wildman–Crippen MR) is 74.6 cm³/mol. The van der Waals surface area contributed by atoms with Crippen molar-refractivity contribution in [3.05, 3.63) is 35.4 Å². The lowest BCUT2D eigenvalue weighted by molar-refractivity contribution is -0.133. The van der Waals surface area contributed by atoms with Crippen molar-refractivity contribution in [3.8, 4) is 0 Å². The van der Waals surface area contributed by atoms with Gasteiger partial charge in [0.2, 0.25) is 5.91 Å². The highest BCUT2D eigenvalue weighted by molar-refractivity contribution is 5.78. The van der Waals surface area contributed by atoms with E-state index in [1.54, 1.807) is 0 Å². The van der Waals surface area contributed by atoms with Gasteiger partial charge in [-0.1, -0.05) is 24.3 Å². The van der Waals surface area contributed by atoms with Gasteiger partial charge in [-0.3, -0.25) is 9.69 Å². The van der Waals surface area contributed by atoms with E-state index in [1.165, 1.54) is 11.1 Å². The Morgan fingerprint density at radius 2 is 2.05 bits per heavy atom. The van der Waals surface area contributed by atoms with Crippen LogP contribution in [0.1, 0.15) is 17.5 Å². The van der Waals surface area contributed by atoms with Gasteiger partial charge in [0.1, 0.15) is 0 Å². The van der Waals surface area contributed by atoms with E-state index in [9.17, 15) is 4.79 Å². The number of carbonyl (C=O) groups is 1. The van der Waals surface area contributed by atoms with E-state index in [2.05, 4.69) is 23.1 Å². The van der Waals surface area contributed by atoms with E-state index >= 15 is 0 Å². The van der Waals surface area contributed by atoms with Gasteiger partial charge in [-0.05, 0) is 24.0 Å². The molecule has 0 spiro atoms. The minimum Gasteiger partial charge on any atom is -0.337 e. The molecule has 3 rings (SSSR count). The smallest absolute Gasteiger partial charge is 0.237 e. The van der Waals surface area contributed by atoms with E-state index in [0.717, 1.165) is 39.0 Å². The normalized spacial score (nSPS) is 23.4. The largest absolute Gasteiger partial charge is 0.337 e. The van der Waals surface area contributed by atoms with Gasteiger partial charge in [-0.15, -0.1) is 0 Å². The highest BCUT2D eigenvalue weighted by Crippen LogP contribution is 2.19. The molecule has 19 heavy (non-hydrogen) atoms. The van der Waals surface area contributed by atoms with Gasteiger partial charge in [-0.2, -0.15) is 0 Å². The van der Waals surface area contributed by atoms with Crippen molar-refractivity contribution in [2.45, 2.75) is 25.4 Å². The molecule has 4 nitrogen and oxygen atoms in total. The molecule has 4 heteroatoms. The van der Waals surface area contributed by atoms with Crippen LogP contribution in [0.25, 0.3) is 0 Å². The summed E-state index contributed by atoms with van der Waals surface area (Å²) < 4.78 is 0. The Morgan fingerprint density at radius 1 is 1.26 bits per heavy atom. The number of carbonyl (C=O) groups excluding carboxylic acids is 1. The molecule has 1 atom stereocenters. The van der Waals surface area contributed by atoms with E-state index in [0.29, 0.717) is 6.54 Å². The highest BCUT2D eigenvalue weighted by atomic mass is 16.2. The maximum absolute atomic E-state index is 12.3. The van der Waals surface area contributed by atoms with Crippen LogP contribution in [0.4, 0.5) is 0 Å². The number of rotatable bonds is 2. The molecule has 1 saturated heterocycles. The first-order valence-electron chi connectivity index (χ1n) is 7.05. The third-order valence-electron chi connectivity index (χ3n) is 4.15. The highest BCUT2D eigenvalue weighted by Gasteiger charge is 2.25. The maximum atomic E-state index is 12.3. The molecule has 1 aromatic rings. The van der Waals surface area contributed by atoms with Crippen LogP contribution in [-0.4, -0.2) is 47.9 Å². The Balaban J connectivity index is 1.60. The summed E-state index contributed by atoms with van der Waals surface area (Å²) in [5, 5.41) is 0. The molecule has 0 saturated carbocycles. The molecule has 2 aliphatic heterocycles. The molecule has 1 fully saturated rings. The SMILES string of the molecule is NC1CCN(CC(=O)N2CCc3ccccc3C2)C1. The van der Waals surface area contributed by atoms with Crippen molar-refractivity contribution in [3.63, 3.8) is 0 Å². The van der Waals surface area contributed by atoms with Crippen LogP contribution in [0.5, 0.6) is 0 Å². The van der Waals surface area contributed by atoms with Gasteiger partial charge >= 0.3 is 0 Å². The molecule has 0 radical (unpaired) electrons. The van der Waals surface area contributed by atoms with Gasteiger partial charge in [0.05, 0.1) is 6.54 Å². The summed E-state index contributed by atoms with van der Waals surface area (Å²) in [5.74, 6) is 0.239. The standard InChI is InChI=1S/C15H21N3O/c16-14-6-7-17(10-14)11-15(19)18-8-5-12-3-1-2-4-13(12)9-18/h1-4,14H,5-11,16H2. The Kier molecular flexibility index (Phi) is 3.53. The van der Waals surface area contributed by atoms with Crippen molar-refractivity contribution < 1.29 is 4.79 Å². The minimum absolute atomic E-state index is 0.239. The molecule has 1 amide bonds. The fourth-order valence-electron chi connectivity index (χ4n) is 3.01. The third kappa shape index (κ3) is 2.80. The third-order valence-corrected chi connectivity index (χ3v) is 4.15. The van der Waals surface area contributed by atoms with Gasteiger partial charge < -0.3 is 10.6 Å². The van der Waals surface area contributed by atoms with Crippen molar-refractivity contribution in [2.24, 2.45) is 5.73 Å². The van der Waals surface area contributed by atoms with Gasteiger partial charge in [0, 0.05) is 32.2 Å². The zero-order valence-electron chi connectivity index (χ0n) is 11.2. The Bertz CT molecular complexity index is 474. The lowest BCUT2D eigenvalue weighted by atomic mass is 10.00. The molecule has 0 aromatic heterocycles. The number of nitrogens with two attached hydrogens (primary N) is 1. The fraction of sp³-hybridized carbons (Fsp3) is 0.533. The summed E-state index contributed by atoms with van der Waals surface area (Å²) in [6.45, 7) is 3.94. The molecule has 1 aromatic carbocycles. The Hall–Kier alpha value is -1.39. The molecular weight excluding hydrogens is 238 g/mol. The lowest BCUT2D eigenvalue weighted by Crippen LogP contribution is -2.42. The molecule has 0 bridgehead atoms. The predicted octanol–water partition coefficient (Wildman–Crippen LogP) is 0.604. The Labute approximate surface area is 114 Å². The van der Waals surface area contributed by atoms with Gasteiger partial charge in [-0.25, -0.2) is 0 Å². The van der Waals surface area contributed by atoms with Crippen LogP contribution < -0.4 is 5.73 Å². The zero-order valence-corrected chi connectivity index (χ0v) is 11.2. The average molecular weight is 259 g/mol. The summed E-state index contributed by atoms with van der Waals surface area (Å²) in [6, 6.07) is 8.65. The summed E-state index contributed by atoms with van der Waals surface area (Å²) in [5.41, 5.74) is 8.55. The second-order valence-corrected chi connectivity index (χ2v) is 5.62. The van der Waals surface area contributed by atoms with Gasteiger partial charge in [0.15, 0.2) is 0 Å². The summed E-state index contributed by atoms with van der Waals surface area (Å²) in [4.78, 5) is 16.5. The molecule has 2 aliphatic rings. The van der Waals surface area contributed by atoms with Crippen LogP contribution in [0.15, 0.2) is 24.3 Å². The molecular formula is C15H21N3O. The van der Waals surface area contributed by atoms with Crippen molar-refractivity contribution >= 4 is 5.91 Å². The van der Waals surface area contributed by atoms with E-state index in [-0.39, 0.29) is 11.9 Å². The number of nitrogens with zero attached hydrogens (tertiary/aromatic N) is 2. The first-order chi connectivity index (χ1) is 9.22. The van der Waals surface area contributed by atoms with Gasteiger partial charge in [0.25, 0.3) is 0 Å². The lowest BCUT2D eigenvalue weighted by Gasteiger charge is -2.30. The van der Waals surface area contributed by atoms with Crippen molar-refractivity contribution in [1.29, 1.82) is 0 Å². The quantitative estimate of drug-likeness (QED) is 0.846. The molecule has 102 valence electrons. The Morgan fingerprint density at radius 3 is 2.79 bits per heavy atom. The summed E-state index contributed by atoms with van der Waals surface area (Å²) in [7, 11) is 0. The van der Waals surface area contributed by atoms with Crippen LogP contribution >= 0.6 is 0 Å². The topological polar surface area (TPSA) is 49.6 Å². The number of fused-ring (bicyclic) bond motifs is 1. The van der Waals surface area contributed by atoms with Crippen LogP contribution in [0, 0.1) is 0 Å². The maximum Gasteiger partial charge on any atom is 0.237 e. The second kappa shape index (κ2) is 5.31. The first kappa shape index (κ1) is 12.6. The van der Waals surface area contributed by atoms with Crippen molar-refractivity contribution in [1.82, 2.24) is 9.80 Å². The summed E-state index contributed by atoms with van der Waals surface area (Å²) >= 11 is 0. The average Bonchev–Trinajstić information content (AvgIpc) is 2.83. The van der Waals surface area contributed by atoms with Crippen LogP contribution in [-0.2, 0) is 17.8 Å². The van der Waals surface area contributed by atoms with Crippen LogP contribution in [0.3, 0.4) is 0 Å². The molecule has 2 heterocycles. The monoisotopic (exact) mass is 259 g/mol. The molecule has 0 aliphatic carbocycles. The molecule has 2 N–H and O–H groups in total. The number of benzene rings is 1. The molecule has 1 unspecified atom stereocenters. The number of amides is 1. The number of hydrogen-bond acceptors (Lipinski definition) is 3.